The molecule has 0 unspecified atom stereocenters. The first kappa shape index (κ1) is 14.3. The molecule has 0 radical (unpaired) electrons. The van der Waals surface area contributed by atoms with Crippen molar-refractivity contribution in [1.29, 1.82) is 0 Å². The van der Waals surface area contributed by atoms with Gasteiger partial charge in [-0.1, -0.05) is 36.4 Å². The molecule has 2 aromatic carbocycles. The van der Waals surface area contributed by atoms with Crippen LogP contribution in [-0.4, -0.2) is 24.3 Å². The van der Waals surface area contributed by atoms with Gasteiger partial charge in [0, 0.05) is 5.56 Å². The number of aryl methyl sites for hydroxylation is 1. The second-order valence-electron chi connectivity index (χ2n) is 5.44. The van der Waals surface area contributed by atoms with Gasteiger partial charge in [0.15, 0.2) is 11.9 Å². The van der Waals surface area contributed by atoms with Crippen molar-refractivity contribution in [3.8, 4) is 5.75 Å². The summed E-state index contributed by atoms with van der Waals surface area (Å²) < 4.78 is 5.61. The van der Waals surface area contributed by atoms with Gasteiger partial charge in [0.25, 0.3) is 5.91 Å². The van der Waals surface area contributed by atoms with Crippen LogP contribution in [0.1, 0.15) is 22.8 Å². The van der Waals surface area contributed by atoms with Crippen molar-refractivity contribution >= 4 is 17.4 Å². The number of benzene rings is 2. The van der Waals surface area contributed by atoms with Gasteiger partial charge in [0.1, 0.15) is 5.75 Å². The predicted molar refractivity (Wildman–Crippen MR) is 84.4 cm³/mol. The zero-order valence-corrected chi connectivity index (χ0v) is 12.6. The van der Waals surface area contributed by atoms with E-state index in [-0.39, 0.29) is 18.2 Å². The van der Waals surface area contributed by atoms with E-state index < -0.39 is 6.10 Å². The molecule has 0 fully saturated rings. The number of ketones is 1. The summed E-state index contributed by atoms with van der Waals surface area (Å²) in [5, 5.41) is 0. The summed E-state index contributed by atoms with van der Waals surface area (Å²) in [6, 6.07) is 14.6. The third kappa shape index (κ3) is 2.60. The number of ether oxygens (including phenoxy) is 1. The highest BCUT2D eigenvalue weighted by molar-refractivity contribution is 6.08. The summed E-state index contributed by atoms with van der Waals surface area (Å²) in [5.41, 5.74) is 2.28. The molecule has 0 spiro atoms. The molecule has 4 nitrogen and oxygen atoms in total. The zero-order valence-electron chi connectivity index (χ0n) is 12.6. The van der Waals surface area contributed by atoms with E-state index in [0.717, 1.165) is 5.56 Å². The van der Waals surface area contributed by atoms with E-state index in [1.165, 1.54) is 4.90 Å². The number of hydrogen-bond acceptors (Lipinski definition) is 3. The molecule has 22 heavy (non-hydrogen) atoms. The maximum Gasteiger partial charge on any atom is 0.268 e. The average molecular weight is 295 g/mol. The van der Waals surface area contributed by atoms with Crippen LogP contribution in [0.5, 0.6) is 5.75 Å². The minimum atomic E-state index is -0.584. The number of nitrogens with zero attached hydrogens (tertiary/aromatic N) is 1. The number of carbonyl (C=O) groups is 2. The lowest BCUT2D eigenvalue weighted by Crippen LogP contribution is -2.46. The van der Waals surface area contributed by atoms with E-state index in [1.807, 2.05) is 43.3 Å². The number of fused-ring (bicyclic) bond motifs is 1. The van der Waals surface area contributed by atoms with E-state index in [1.54, 1.807) is 19.1 Å². The SMILES string of the molecule is Cc1ccc2c(c1)N(CC(=O)c1ccccc1)C(=O)[C@@H](C)O2. The molecule has 112 valence electrons. The number of Topliss-reactive ketones (excluding diaryl/α,β-unsaturated/α-hetero) is 1. The maximum atomic E-state index is 12.4. The molecule has 2 aromatic rings. The lowest BCUT2D eigenvalue weighted by molar-refractivity contribution is -0.125. The first-order valence-electron chi connectivity index (χ1n) is 7.23. The molecule has 3 rings (SSSR count). The Balaban J connectivity index is 1.94. The summed E-state index contributed by atoms with van der Waals surface area (Å²) in [4.78, 5) is 26.4. The minimum absolute atomic E-state index is 0.0208. The fourth-order valence-electron chi connectivity index (χ4n) is 2.54. The molecule has 4 heteroatoms. The van der Waals surface area contributed by atoms with Crippen LogP contribution in [0.15, 0.2) is 48.5 Å². The number of carbonyl (C=O) groups excluding carboxylic acids is 2. The van der Waals surface area contributed by atoms with Gasteiger partial charge in [0.05, 0.1) is 12.2 Å². The van der Waals surface area contributed by atoms with Gasteiger partial charge in [-0.2, -0.15) is 0 Å². The first-order valence-corrected chi connectivity index (χ1v) is 7.23. The van der Waals surface area contributed by atoms with Crippen molar-refractivity contribution in [2.45, 2.75) is 20.0 Å². The number of rotatable bonds is 3. The second-order valence-corrected chi connectivity index (χ2v) is 5.44. The largest absolute Gasteiger partial charge is 0.479 e. The summed E-state index contributed by atoms with van der Waals surface area (Å²) in [5.74, 6) is 0.358. The first-order chi connectivity index (χ1) is 10.6. The van der Waals surface area contributed by atoms with Crippen LogP contribution in [0.4, 0.5) is 5.69 Å². The van der Waals surface area contributed by atoms with Crippen LogP contribution in [0.3, 0.4) is 0 Å². The topological polar surface area (TPSA) is 46.6 Å². The lowest BCUT2D eigenvalue weighted by Gasteiger charge is -2.32. The van der Waals surface area contributed by atoms with Gasteiger partial charge in [-0.25, -0.2) is 0 Å². The maximum absolute atomic E-state index is 12.4. The standard InChI is InChI=1S/C18H17NO3/c1-12-8-9-17-15(10-12)19(18(21)13(2)22-17)11-16(20)14-6-4-3-5-7-14/h3-10,13H,11H2,1-2H3/t13-/m1/s1. The summed E-state index contributed by atoms with van der Waals surface area (Å²) in [7, 11) is 0. The van der Waals surface area contributed by atoms with Crippen molar-refractivity contribution in [2.75, 3.05) is 11.4 Å². The predicted octanol–water partition coefficient (Wildman–Crippen LogP) is 2.99. The molecule has 0 saturated carbocycles. The van der Waals surface area contributed by atoms with Crippen LogP contribution in [0, 0.1) is 6.92 Å². The molecule has 1 atom stereocenters. The van der Waals surface area contributed by atoms with Gasteiger partial charge in [-0.3, -0.25) is 14.5 Å². The van der Waals surface area contributed by atoms with E-state index in [2.05, 4.69) is 0 Å². The summed E-state index contributed by atoms with van der Waals surface area (Å²) >= 11 is 0. The zero-order chi connectivity index (χ0) is 15.7. The molecule has 0 aliphatic carbocycles. The van der Waals surface area contributed by atoms with Crippen LogP contribution >= 0.6 is 0 Å². The Morgan fingerprint density at radius 3 is 2.64 bits per heavy atom. The summed E-state index contributed by atoms with van der Waals surface area (Å²) in [6.45, 7) is 3.66. The van der Waals surface area contributed by atoms with E-state index in [4.69, 9.17) is 4.74 Å². The Kier molecular flexibility index (Phi) is 3.67. The molecule has 0 N–H and O–H groups in total. The van der Waals surface area contributed by atoms with Crippen LogP contribution in [-0.2, 0) is 4.79 Å². The van der Waals surface area contributed by atoms with E-state index in [0.29, 0.717) is 17.0 Å². The Labute approximate surface area is 129 Å². The molecule has 1 heterocycles. The number of hydrogen-bond donors (Lipinski definition) is 0. The lowest BCUT2D eigenvalue weighted by atomic mass is 10.1. The van der Waals surface area contributed by atoms with Gasteiger partial charge in [-0.05, 0) is 31.5 Å². The fraction of sp³-hybridized carbons (Fsp3) is 0.222. The Morgan fingerprint density at radius 2 is 1.91 bits per heavy atom. The molecule has 0 aromatic heterocycles. The van der Waals surface area contributed by atoms with Crippen molar-refractivity contribution in [3.05, 3.63) is 59.7 Å². The molecule has 1 aliphatic heterocycles. The van der Waals surface area contributed by atoms with Gasteiger partial charge in [0.2, 0.25) is 0 Å². The van der Waals surface area contributed by atoms with Crippen LogP contribution in [0.25, 0.3) is 0 Å². The highest BCUT2D eigenvalue weighted by Crippen LogP contribution is 2.34. The van der Waals surface area contributed by atoms with Crippen LogP contribution in [0.2, 0.25) is 0 Å². The quantitative estimate of drug-likeness (QED) is 0.818. The summed E-state index contributed by atoms with van der Waals surface area (Å²) in [6.07, 6.45) is -0.584. The van der Waals surface area contributed by atoms with Crippen LogP contribution < -0.4 is 9.64 Å². The Morgan fingerprint density at radius 1 is 1.18 bits per heavy atom. The fourth-order valence-corrected chi connectivity index (χ4v) is 2.54. The normalized spacial score (nSPS) is 16.9. The second kappa shape index (κ2) is 5.64. The number of anilines is 1. The molecular formula is C18H17NO3. The van der Waals surface area contributed by atoms with Crippen molar-refractivity contribution in [3.63, 3.8) is 0 Å². The minimum Gasteiger partial charge on any atom is -0.479 e. The highest BCUT2D eigenvalue weighted by Gasteiger charge is 2.32. The van der Waals surface area contributed by atoms with E-state index >= 15 is 0 Å². The number of amides is 1. The molecule has 1 aliphatic rings. The average Bonchev–Trinajstić information content (AvgIpc) is 2.53. The molecule has 1 amide bonds. The smallest absolute Gasteiger partial charge is 0.268 e. The van der Waals surface area contributed by atoms with Crippen molar-refractivity contribution in [1.82, 2.24) is 0 Å². The van der Waals surface area contributed by atoms with E-state index in [9.17, 15) is 9.59 Å². The van der Waals surface area contributed by atoms with Gasteiger partial charge in [-0.15, -0.1) is 0 Å². The van der Waals surface area contributed by atoms with Crippen molar-refractivity contribution in [2.24, 2.45) is 0 Å². The molecular weight excluding hydrogens is 278 g/mol. The molecule has 0 saturated heterocycles. The highest BCUT2D eigenvalue weighted by atomic mass is 16.5. The third-order valence-electron chi connectivity index (χ3n) is 3.72. The third-order valence-corrected chi connectivity index (χ3v) is 3.72. The Hall–Kier alpha value is -2.62. The van der Waals surface area contributed by atoms with Gasteiger partial charge >= 0.3 is 0 Å². The monoisotopic (exact) mass is 295 g/mol. The van der Waals surface area contributed by atoms with Crippen molar-refractivity contribution < 1.29 is 14.3 Å². The molecule has 0 bridgehead atoms. The van der Waals surface area contributed by atoms with Gasteiger partial charge < -0.3 is 4.74 Å². The Bertz CT molecular complexity index is 724.